The molecule has 7 heteroatoms. The van der Waals surface area contributed by atoms with Crippen molar-refractivity contribution in [2.45, 2.75) is 25.9 Å². The fraction of sp³-hybridized carbons (Fsp3) is 0.471. The molecular weight excluding hydrogens is 319 g/mol. The van der Waals surface area contributed by atoms with Crippen LogP contribution in [0.4, 0.5) is 5.69 Å². The molecule has 1 aliphatic rings. The first-order valence-corrected chi connectivity index (χ1v) is 8.57. The Kier molecular flexibility index (Phi) is 4.91. The summed E-state index contributed by atoms with van der Waals surface area (Å²) in [7, 11) is 1.73. The van der Waals surface area contributed by atoms with Crippen molar-refractivity contribution < 1.29 is 3.79 Å². The molecule has 6 nitrogen and oxygen atoms in total. The van der Waals surface area contributed by atoms with Gasteiger partial charge in [0, 0.05) is 32.3 Å². The quantitative estimate of drug-likeness (QED) is 0.794. The van der Waals surface area contributed by atoms with E-state index in [1.807, 2.05) is 0 Å². The van der Waals surface area contributed by atoms with Gasteiger partial charge in [-0.05, 0) is 30.9 Å². The van der Waals surface area contributed by atoms with Gasteiger partial charge in [-0.25, -0.2) is 4.98 Å². The van der Waals surface area contributed by atoms with Crippen molar-refractivity contribution in [2.75, 3.05) is 18.0 Å². The molecule has 0 amide bonds. The van der Waals surface area contributed by atoms with E-state index in [4.69, 9.17) is 9.05 Å². The molecule has 0 saturated carbocycles. The number of piperidine rings is 1. The van der Waals surface area contributed by atoms with E-state index in [1.54, 1.807) is 29.8 Å². The summed E-state index contributed by atoms with van der Waals surface area (Å²) in [4.78, 5) is 19.0. The van der Waals surface area contributed by atoms with Gasteiger partial charge in [-0.2, -0.15) is 5.26 Å². The summed E-state index contributed by atoms with van der Waals surface area (Å²) >= 11 is 2.37. The maximum atomic E-state index is 12.3. The van der Waals surface area contributed by atoms with Crippen LogP contribution >= 0.6 is 0 Å². The van der Waals surface area contributed by atoms with Crippen molar-refractivity contribution in [3.8, 4) is 6.07 Å². The smallest absolute Gasteiger partial charge is 0.369 e. The van der Waals surface area contributed by atoms with E-state index in [2.05, 4.69) is 39.5 Å². The number of pyridine rings is 2. The van der Waals surface area contributed by atoms with Crippen LogP contribution in [0.25, 0.3) is 11.0 Å². The predicted molar refractivity (Wildman–Crippen MR) is 92.9 cm³/mol. The first-order valence-electron chi connectivity index (χ1n) is 8.10. The van der Waals surface area contributed by atoms with Crippen molar-refractivity contribution in [2.24, 2.45) is 13.0 Å². The molecular formula is C17H19AlN4O2. The van der Waals surface area contributed by atoms with Crippen molar-refractivity contribution in [1.82, 2.24) is 9.55 Å². The molecule has 1 fully saturated rings. The van der Waals surface area contributed by atoms with Gasteiger partial charge in [0.25, 0.3) is 5.56 Å². The number of fused-ring (bicyclic) bond motifs is 1. The van der Waals surface area contributed by atoms with Gasteiger partial charge in [-0.1, -0.05) is 6.92 Å². The highest BCUT2D eigenvalue weighted by molar-refractivity contribution is 5.98. The molecule has 2 atom stereocenters. The molecule has 2 aromatic heterocycles. The van der Waals surface area contributed by atoms with E-state index in [9.17, 15) is 4.79 Å². The van der Waals surface area contributed by atoms with Crippen molar-refractivity contribution >= 4 is 33.3 Å². The van der Waals surface area contributed by atoms with Gasteiger partial charge in [0.1, 0.15) is 17.3 Å². The maximum absolute atomic E-state index is 12.3. The first kappa shape index (κ1) is 17.0. The molecule has 0 aliphatic carbocycles. The van der Waals surface area contributed by atoms with Crippen LogP contribution in [0.1, 0.15) is 25.5 Å². The Labute approximate surface area is 149 Å². The van der Waals surface area contributed by atoms with Crippen LogP contribution in [0.15, 0.2) is 23.0 Å². The zero-order chi connectivity index (χ0) is 17.3. The lowest BCUT2D eigenvalue weighted by molar-refractivity contribution is 0.121. The Hall–Kier alpha value is -1.86. The molecule has 1 aliphatic heterocycles. The van der Waals surface area contributed by atoms with E-state index in [0.29, 0.717) is 17.1 Å². The summed E-state index contributed by atoms with van der Waals surface area (Å²) in [6, 6.07) is 7.15. The van der Waals surface area contributed by atoms with E-state index < -0.39 is 0 Å². The maximum Gasteiger partial charge on any atom is 0.369 e. The van der Waals surface area contributed by atoms with Gasteiger partial charge >= 0.3 is 16.6 Å². The third-order valence-corrected chi connectivity index (χ3v) is 5.24. The van der Waals surface area contributed by atoms with Crippen LogP contribution in [0.5, 0.6) is 0 Å². The number of hydrogen-bond acceptors (Lipinski definition) is 5. The molecule has 0 spiro atoms. The molecule has 3 heterocycles. The van der Waals surface area contributed by atoms with E-state index in [1.165, 1.54) is 0 Å². The second-order valence-corrected chi connectivity index (χ2v) is 6.45. The molecule has 0 N–H and O–H groups in total. The van der Waals surface area contributed by atoms with Gasteiger partial charge in [0.15, 0.2) is 0 Å². The van der Waals surface area contributed by atoms with Crippen molar-refractivity contribution in [1.29, 1.82) is 5.26 Å². The zero-order valence-corrected chi connectivity index (χ0v) is 15.1. The van der Waals surface area contributed by atoms with Gasteiger partial charge < -0.3 is 13.3 Å². The van der Waals surface area contributed by atoms with Crippen LogP contribution in [-0.4, -0.2) is 45.4 Å². The Bertz CT molecular complexity index is 858. The first-order chi connectivity index (χ1) is 11.6. The third kappa shape index (κ3) is 2.94. The number of aromatic nitrogens is 2. The third-order valence-electron chi connectivity index (χ3n) is 4.89. The summed E-state index contributed by atoms with van der Waals surface area (Å²) in [6.07, 6.45) is 2.13. The van der Waals surface area contributed by atoms with Gasteiger partial charge in [0.2, 0.25) is 0 Å². The highest BCUT2D eigenvalue weighted by atomic mass is 27.1. The topological polar surface area (TPSA) is 71.2 Å². The number of aryl methyl sites for hydroxylation is 1. The summed E-state index contributed by atoms with van der Waals surface area (Å²) in [5.41, 5.74) is 2.55. The van der Waals surface area contributed by atoms with Crippen LogP contribution in [0.3, 0.4) is 0 Å². The number of rotatable bonds is 3. The van der Waals surface area contributed by atoms with Gasteiger partial charge in [0.05, 0.1) is 11.2 Å². The molecule has 122 valence electrons. The fourth-order valence-electron chi connectivity index (χ4n) is 3.42. The Morgan fingerprint density at radius 3 is 2.96 bits per heavy atom. The molecule has 2 aromatic rings. The molecule has 3 rings (SSSR count). The summed E-state index contributed by atoms with van der Waals surface area (Å²) < 4.78 is 7.08. The molecule has 0 unspecified atom stereocenters. The largest absolute Gasteiger partial charge is 0.513 e. The lowest BCUT2D eigenvalue weighted by Gasteiger charge is -2.40. The van der Waals surface area contributed by atoms with Crippen molar-refractivity contribution in [3.63, 3.8) is 0 Å². The van der Waals surface area contributed by atoms with Gasteiger partial charge in [-0.3, -0.25) is 4.79 Å². The average molecular weight is 338 g/mol. The number of nitrogens with zero attached hydrogens (tertiary/aromatic N) is 4. The molecule has 0 aromatic carbocycles. The average Bonchev–Trinajstić information content (AvgIpc) is 2.63. The van der Waals surface area contributed by atoms with Crippen LogP contribution in [-0.2, 0) is 10.8 Å². The van der Waals surface area contributed by atoms with Crippen LogP contribution < -0.4 is 10.5 Å². The minimum Gasteiger partial charge on any atom is -0.513 e. The highest BCUT2D eigenvalue weighted by Gasteiger charge is 2.28. The minimum atomic E-state index is -0.0681. The minimum absolute atomic E-state index is 0.0681. The monoisotopic (exact) mass is 338 g/mol. The summed E-state index contributed by atoms with van der Waals surface area (Å²) in [5.74, 6) is 0.398. The molecule has 2 radical (unpaired) electrons. The SMILES string of the molecule is CC[C@@H]1CN(c2cc(=O)n(C)c3ccc(C#N)nc23)CC[C@H]1[O][Al]. The molecule has 0 bridgehead atoms. The van der Waals surface area contributed by atoms with E-state index >= 15 is 0 Å². The van der Waals surface area contributed by atoms with Gasteiger partial charge in [-0.15, -0.1) is 0 Å². The van der Waals surface area contributed by atoms with Crippen LogP contribution in [0.2, 0.25) is 0 Å². The normalized spacial score (nSPS) is 21.0. The Morgan fingerprint density at radius 1 is 1.50 bits per heavy atom. The summed E-state index contributed by atoms with van der Waals surface area (Å²) in [6.45, 7) is 3.77. The molecule has 1 saturated heterocycles. The number of hydrogen-bond donors (Lipinski definition) is 0. The fourth-order valence-corrected chi connectivity index (χ4v) is 3.77. The lowest BCUT2D eigenvalue weighted by atomic mass is 9.92. The summed E-state index contributed by atoms with van der Waals surface area (Å²) in [5, 5.41) is 9.16. The standard InChI is InChI=1S/C17H19N4O2.Al/c1-3-11-10-21(7-6-15(11)22)14-8-16(23)20(2)13-5-4-12(9-18)19-17(13)14;/h4-5,8,11,15H,3,6-7,10H2,1-2H3;/q-1;+1/t11-,15-;/m1./s1. The Morgan fingerprint density at radius 2 is 2.29 bits per heavy atom. The second kappa shape index (κ2) is 6.95. The zero-order valence-electron chi connectivity index (χ0n) is 13.9. The lowest BCUT2D eigenvalue weighted by Crippen LogP contribution is -2.44. The highest BCUT2D eigenvalue weighted by Crippen LogP contribution is 2.30. The number of anilines is 1. The van der Waals surface area contributed by atoms with Crippen molar-refractivity contribution in [3.05, 3.63) is 34.2 Å². The number of nitriles is 1. The second-order valence-electron chi connectivity index (χ2n) is 6.18. The molecule has 24 heavy (non-hydrogen) atoms. The van der Waals surface area contributed by atoms with E-state index in [-0.39, 0.29) is 11.7 Å². The van der Waals surface area contributed by atoms with E-state index in [0.717, 1.165) is 37.1 Å². The predicted octanol–water partition coefficient (Wildman–Crippen LogP) is 1.51. The Balaban J connectivity index is 2.10. The van der Waals surface area contributed by atoms with Crippen LogP contribution in [0, 0.1) is 17.2 Å².